The number of likely N-dealkylation sites (N-methyl/N-ethyl adjacent to an activating group) is 1. The van der Waals surface area contributed by atoms with Crippen molar-refractivity contribution in [3.05, 3.63) is 0 Å². The van der Waals surface area contributed by atoms with Gasteiger partial charge in [0.1, 0.15) is 0 Å². The molecular formula is C13H26N2O. The first kappa shape index (κ1) is 13.5. The number of carbonyl (C=O) groups excluding carboxylic acids is 1. The lowest BCUT2D eigenvalue weighted by atomic mass is 9.86. The molecule has 1 heterocycles. The van der Waals surface area contributed by atoms with E-state index in [1.165, 1.54) is 12.8 Å². The highest BCUT2D eigenvalue weighted by atomic mass is 16.2. The second kappa shape index (κ2) is 5.67. The molecule has 1 rings (SSSR count). The summed E-state index contributed by atoms with van der Waals surface area (Å²) < 4.78 is 0. The van der Waals surface area contributed by atoms with E-state index in [-0.39, 0.29) is 11.9 Å². The van der Waals surface area contributed by atoms with E-state index in [1.807, 2.05) is 30.8 Å². The van der Waals surface area contributed by atoms with Crippen LogP contribution in [0.5, 0.6) is 0 Å². The van der Waals surface area contributed by atoms with Gasteiger partial charge in [-0.05, 0) is 45.7 Å². The van der Waals surface area contributed by atoms with Crippen molar-refractivity contribution in [2.24, 2.45) is 11.8 Å². The quantitative estimate of drug-likeness (QED) is 0.733. The van der Waals surface area contributed by atoms with Gasteiger partial charge in [-0.2, -0.15) is 0 Å². The fourth-order valence-electron chi connectivity index (χ4n) is 2.27. The summed E-state index contributed by atoms with van der Waals surface area (Å²) >= 11 is 0. The lowest BCUT2D eigenvalue weighted by molar-refractivity contribution is -0.137. The minimum atomic E-state index is 0.00981. The molecule has 1 aliphatic rings. The molecule has 0 spiro atoms. The maximum atomic E-state index is 12.1. The Morgan fingerprint density at radius 2 is 1.69 bits per heavy atom. The summed E-state index contributed by atoms with van der Waals surface area (Å²) in [6.07, 6.45) is 2.34. The molecular weight excluding hydrogens is 200 g/mol. The van der Waals surface area contributed by atoms with Gasteiger partial charge in [-0.3, -0.25) is 9.69 Å². The highest BCUT2D eigenvalue weighted by Crippen LogP contribution is 2.24. The Hall–Kier alpha value is -0.570. The lowest BCUT2D eigenvalue weighted by Gasteiger charge is -2.36. The Balaban J connectivity index is 2.45. The first-order chi connectivity index (χ1) is 7.43. The summed E-state index contributed by atoms with van der Waals surface area (Å²) in [5.74, 6) is 1.84. The Kier molecular flexibility index (Phi) is 4.78. The number of amides is 1. The predicted molar refractivity (Wildman–Crippen MR) is 67.3 cm³/mol. The van der Waals surface area contributed by atoms with Crippen LogP contribution in [0.2, 0.25) is 0 Å². The number of piperidine rings is 1. The number of nitrogens with zero attached hydrogens (tertiary/aromatic N) is 2. The van der Waals surface area contributed by atoms with Crippen molar-refractivity contribution in [3.8, 4) is 0 Å². The largest absolute Gasteiger partial charge is 0.341 e. The molecule has 0 radical (unpaired) electrons. The molecule has 0 aliphatic carbocycles. The van der Waals surface area contributed by atoms with E-state index >= 15 is 0 Å². The molecule has 0 bridgehead atoms. The second-order valence-corrected chi connectivity index (χ2v) is 5.55. The van der Waals surface area contributed by atoms with E-state index in [9.17, 15) is 4.79 Å². The van der Waals surface area contributed by atoms with Gasteiger partial charge in [0.2, 0.25) is 5.91 Å². The van der Waals surface area contributed by atoms with Gasteiger partial charge in [0.25, 0.3) is 0 Å². The van der Waals surface area contributed by atoms with Crippen LogP contribution in [0.15, 0.2) is 0 Å². The predicted octanol–water partition coefficient (Wildman–Crippen LogP) is 1.83. The van der Waals surface area contributed by atoms with Crippen LogP contribution in [0.1, 0.15) is 33.6 Å². The van der Waals surface area contributed by atoms with Crippen molar-refractivity contribution in [1.29, 1.82) is 0 Å². The minimum absolute atomic E-state index is 0.00981. The van der Waals surface area contributed by atoms with Crippen LogP contribution in [0, 0.1) is 11.8 Å². The van der Waals surface area contributed by atoms with E-state index in [4.69, 9.17) is 0 Å². The molecule has 0 N–H and O–H groups in total. The summed E-state index contributed by atoms with van der Waals surface area (Å²) in [6, 6.07) is 0.00981. The molecule has 1 atom stereocenters. The minimum Gasteiger partial charge on any atom is -0.341 e. The fourth-order valence-corrected chi connectivity index (χ4v) is 2.27. The Labute approximate surface area is 99.8 Å². The maximum Gasteiger partial charge on any atom is 0.239 e. The molecule has 3 heteroatoms. The number of hydrogen-bond donors (Lipinski definition) is 0. The summed E-state index contributed by atoms with van der Waals surface area (Å²) in [6.45, 7) is 8.44. The second-order valence-electron chi connectivity index (χ2n) is 5.55. The standard InChI is InChI=1S/C13H26N2O/c1-10(2)12-6-8-15(9-7-12)13(16)11(3)14(4)5/h10-12H,6-9H2,1-5H3. The summed E-state index contributed by atoms with van der Waals surface area (Å²) in [5, 5.41) is 0. The molecule has 1 unspecified atom stereocenters. The molecule has 0 saturated carbocycles. The van der Waals surface area contributed by atoms with Gasteiger partial charge in [-0.25, -0.2) is 0 Å². The SMILES string of the molecule is CC(C)C1CCN(C(=O)C(C)N(C)C)CC1. The summed E-state index contributed by atoms with van der Waals surface area (Å²) in [7, 11) is 3.92. The third-order valence-corrected chi connectivity index (χ3v) is 3.93. The number of rotatable bonds is 3. The molecule has 94 valence electrons. The van der Waals surface area contributed by atoms with Crippen LogP contribution >= 0.6 is 0 Å². The topological polar surface area (TPSA) is 23.6 Å². The first-order valence-corrected chi connectivity index (χ1v) is 6.38. The summed E-state index contributed by atoms with van der Waals surface area (Å²) in [5.41, 5.74) is 0. The maximum absolute atomic E-state index is 12.1. The lowest BCUT2D eigenvalue weighted by Crippen LogP contribution is -2.47. The van der Waals surface area contributed by atoms with Crippen molar-refractivity contribution in [3.63, 3.8) is 0 Å². The molecule has 1 saturated heterocycles. The molecule has 1 amide bonds. The molecule has 1 aliphatic heterocycles. The fraction of sp³-hybridized carbons (Fsp3) is 0.923. The number of likely N-dealkylation sites (tertiary alicyclic amines) is 1. The van der Waals surface area contributed by atoms with E-state index < -0.39 is 0 Å². The van der Waals surface area contributed by atoms with Gasteiger partial charge in [-0.15, -0.1) is 0 Å². The average molecular weight is 226 g/mol. The van der Waals surface area contributed by atoms with Crippen molar-refractivity contribution in [1.82, 2.24) is 9.80 Å². The van der Waals surface area contributed by atoms with Crippen LogP contribution in [0.25, 0.3) is 0 Å². The van der Waals surface area contributed by atoms with E-state index in [1.54, 1.807) is 0 Å². The van der Waals surface area contributed by atoms with Gasteiger partial charge < -0.3 is 4.90 Å². The Morgan fingerprint density at radius 1 is 1.19 bits per heavy atom. The van der Waals surface area contributed by atoms with Gasteiger partial charge in [0, 0.05) is 13.1 Å². The third-order valence-electron chi connectivity index (χ3n) is 3.93. The Bertz CT molecular complexity index is 230. The average Bonchev–Trinajstić information content (AvgIpc) is 2.27. The summed E-state index contributed by atoms with van der Waals surface area (Å²) in [4.78, 5) is 16.1. The van der Waals surface area contributed by atoms with Crippen LogP contribution in [0.4, 0.5) is 0 Å². The normalized spacial score (nSPS) is 20.6. The van der Waals surface area contributed by atoms with Crippen molar-refractivity contribution in [2.45, 2.75) is 39.7 Å². The number of hydrogen-bond acceptors (Lipinski definition) is 2. The van der Waals surface area contributed by atoms with Crippen LogP contribution in [-0.2, 0) is 4.79 Å². The van der Waals surface area contributed by atoms with E-state index in [0.29, 0.717) is 0 Å². The first-order valence-electron chi connectivity index (χ1n) is 6.38. The van der Waals surface area contributed by atoms with Gasteiger partial charge in [0.05, 0.1) is 6.04 Å². The molecule has 1 fully saturated rings. The highest BCUT2D eigenvalue weighted by molar-refractivity contribution is 5.81. The van der Waals surface area contributed by atoms with E-state index in [0.717, 1.165) is 24.9 Å². The zero-order valence-electron chi connectivity index (χ0n) is 11.4. The van der Waals surface area contributed by atoms with Crippen molar-refractivity contribution in [2.75, 3.05) is 27.2 Å². The zero-order valence-corrected chi connectivity index (χ0v) is 11.4. The number of carbonyl (C=O) groups is 1. The Morgan fingerprint density at radius 3 is 2.06 bits per heavy atom. The van der Waals surface area contributed by atoms with Crippen LogP contribution < -0.4 is 0 Å². The third kappa shape index (κ3) is 3.21. The van der Waals surface area contributed by atoms with Crippen LogP contribution in [-0.4, -0.2) is 48.9 Å². The van der Waals surface area contributed by atoms with E-state index in [2.05, 4.69) is 13.8 Å². The van der Waals surface area contributed by atoms with Crippen molar-refractivity contribution < 1.29 is 4.79 Å². The molecule has 0 aromatic rings. The van der Waals surface area contributed by atoms with Gasteiger partial charge in [0.15, 0.2) is 0 Å². The van der Waals surface area contributed by atoms with Gasteiger partial charge >= 0.3 is 0 Å². The molecule has 0 aromatic heterocycles. The van der Waals surface area contributed by atoms with Gasteiger partial charge in [-0.1, -0.05) is 13.8 Å². The highest BCUT2D eigenvalue weighted by Gasteiger charge is 2.27. The molecule has 16 heavy (non-hydrogen) atoms. The van der Waals surface area contributed by atoms with Crippen LogP contribution in [0.3, 0.4) is 0 Å². The van der Waals surface area contributed by atoms with Crippen molar-refractivity contribution >= 4 is 5.91 Å². The zero-order chi connectivity index (χ0) is 12.3. The molecule has 3 nitrogen and oxygen atoms in total. The monoisotopic (exact) mass is 226 g/mol. The smallest absolute Gasteiger partial charge is 0.239 e. The molecule has 0 aromatic carbocycles.